The Bertz CT molecular complexity index is 385. The van der Waals surface area contributed by atoms with Gasteiger partial charge in [-0.05, 0) is 13.3 Å². The van der Waals surface area contributed by atoms with Crippen molar-refractivity contribution in [3.8, 4) is 0 Å². The Balaban J connectivity index is 2.66. The Labute approximate surface area is 86.9 Å². The molecule has 0 bridgehead atoms. The number of hydrogen-bond donors (Lipinski definition) is 2. The summed E-state index contributed by atoms with van der Waals surface area (Å²) in [6.07, 6.45) is 1.75. The first-order chi connectivity index (χ1) is 6.56. The minimum Gasteiger partial charge on any atom is -0.396 e. The lowest BCUT2D eigenvalue weighted by Crippen LogP contribution is -2.24. The van der Waals surface area contributed by atoms with Crippen LogP contribution < -0.4 is 4.72 Å². The molecule has 0 unspecified atom stereocenters. The molecule has 0 atom stereocenters. The second-order valence-electron chi connectivity index (χ2n) is 2.67. The fraction of sp³-hybridized carbons (Fsp3) is 0.571. The van der Waals surface area contributed by atoms with Crippen molar-refractivity contribution in [2.24, 2.45) is 0 Å². The summed E-state index contributed by atoms with van der Waals surface area (Å²) in [5, 5.41) is 9.21. The largest absolute Gasteiger partial charge is 0.396 e. The van der Waals surface area contributed by atoms with E-state index in [1.54, 1.807) is 6.92 Å². The third kappa shape index (κ3) is 3.02. The van der Waals surface area contributed by atoms with Gasteiger partial charge < -0.3 is 5.11 Å². The van der Waals surface area contributed by atoms with E-state index < -0.39 is 10.0 Å². The van der Waals surface area contributed by atoms with Crippen LogP contribution in [0.3, 0.4) is 0 Å². The molecule has 0 amide bonds. The highest BCUT2D eigenvalue weighted by molar-refractivity contribution is 7.91. The van der Waals surface area contributed by atoms with Crippen molar-refractivity contribution in [2.75, 3.05) is 13.2 Å². The molecule has 1 heterocycles. The molecule has 5 nitrogen and oxygen atoms in total. The molecule has 0 fully saturated rings. The van der Waals surface area contributed by atoms with Crippen molar-refractivity contribution in [1.82, 2.24) is 9.71 Å². The van der Waals surface area contributed by atoms with Crippen LogP contribution in [0, 0.1) is 6.92 Å². The van der Waals surface area contributed by atoms with E-state index in [9.17, 15) is 8.42 Å². The third-order valence-electron chi connectivity index (χ3n) is 1.49. The summed E-state index contributed by atoms with van der Waals surface area (Å²) in [5.41, 5.74) is 0. The number of aliphatic hydroxyl groups excluding tert-OH is 1. The number of rotatable bonds is 5. The van der Waals surface area contributed by atoms with E-state index in [1.165, 1.54) is 6.20 Å². The fourth-order valence-corrected chi connectivity index (χ4v) is 3.05. The molecule has 0 radical (unpaired) electrons. The third-order valence-corrected chi connectivity index (χ3v) is 4.33. The molecule has 2 N–H and O–H groups in total. The summed E-state index contributed by atoms with van der Waals surface area (Å²) in [6, 6.07) is 0. The first-order valence-corrected chi connectivity index (χ1v) is 6.39. The lowest BCUT2D eigenvalue weighted by molar-refractivity contribution is 0.289. The lowest BCUT2D eigenvalue weighted by atomic mass is 10.5. The molecule has 0 aliphatic rings. The topological polar surface area (TPSA) is 79.3 Å². The van der Waals surface area contributed by atoms with E-state index in [1.807, 2.05) is 0 Å². The van der Waals surface area contributed by atoms with Crippen LogP contribution in [0.25, 0.3) is 0 Å². The maximum atomic E-state index is 11.5. The van der Waals surface area contributed by atoms with Gasteiger partial charge in [0.2, 0.25) is 0 Å². The molecule has 14 heavy (non-hydrogen) atoms. The van der Waals surface area contributed by atoms with Gasteiger partial charge in [-0.2, -0.15) is 0 Å². The van der Waals surface area contributed by atoms with Crippen molar-refractivity contribution in [1.29, 1.82) is 0 Å². The molecule has 0 spiro atoms. The van der Waals surface area contributed by atoms with E-state index >= 15 is 0 Å². The Morgan fingerprint density at radius 2 is 2.36 bits per heavy atom. The zero-order valence-corrected chi connectivity index (χ0v) is 9.36. The van der Waals surface area contributed by atoms with Crippen LogP contribution in [-0.4, -0.2) is 31.7 Å². The highest BCUT2D eigenvalue weighted by atomic mass is 32.2. The highest BCUT2D eigenvalue weighted by Gasteiger charge is 2.15. The Hall–Kier alpha value is -0.500. The van der Waals surface area contributed by atoms with Crippen molar-refractivity contribution in [2.45, 2.75) is 17.6 Å². The molecule has 7 heteroatoms. The average Bonchev–Trinajstić information content (AvgIpc) is 2.53. The smallest absolute Gasteiger partial charge is 0.251 e. The van der Waals surface area contributed by atoms with Gasteiger partial charge in [-0.15, -0.1) is 11.3 Å². The normalized spacial score (nSPS) is 11.9. The summed E-state index contributed by atoms with van der Waals surface area (Å²) < 4.78 is 25.6. The van der Waals surface area contributed by atoms with E-state index in [2.05, 4.69) is 9.71 Å². The number of aliphatic hydroxyl groups is 1. The fourth-order valence-electron chi connectivity index (χ4n) is 0.823. The van der Waals surface area contributed by atoms with Crippen molar-refractivity contribution < 1.29 is 13.5 Å². The first kappa shape index (κ1) is 11.6. The van der Waals surface area contributed by atoms with Crippen LogP contribution in [-0.2, 0) is 10.0 Å². The molecule has 0 aliphatic carbocycles. The Morgan fingerprint density at radius 3 is 2.86 bits per heavy atom. The molecule has 0 aliphatic heterocycles. The molecule has 0 saturated carbocycles. The van der Waals surface area contributed by atoms with Gasteiger partial charge in [-0.3, -0.25) is 0 Å². The number of aryl methyl sites for hydroxylation is 1. The molecule has 1 aromatic heterocycles. The first-order valence-electron chi connectivity index (χ1n) is 4.09. The van der Waals surface area contributed by atoms with Gasteiger partial charge in [-0.25, -0.2) is 18.1 Å². The molecule has 80 valence electrons. The summed E-state index contributed by atoms with van der Waals surface area (Å²) in [5.74, 6) is 0. The predicted octanol–water partition coefficient (Wildman–Crippen LogP) is 0.112. The maximum Gasteiger partial charge on any atom is 0.251 e. The summed E-state index contributed by atoms with van der Waals surface area (Å²) >= 11 is 1.13. The van der Waals surface area contributed by atoms with Crippen molar-refractivity contribution in [3.05, 3.63) is 11.2 Å². The predicted molar refractivity (Wildman–Crippen MR) is 53.7 cm³/mol. The quantitative estimate of drug-likeness (QED) is 0.711. The number of sulfonamides is 1. The van der Waals surface area contributed by atoms with Crippen LogP contribution in [0.4, 0.5) is 0 Å². The second kappa shape index (κ2) is 4.83. The van der Waals surface area contributed by atoms with Crippen LogP contribution >= 0.6 is 11.3 Å². The number of nitrogens with one attached hydrogen (secondary N) is 1. The molecular weight excluding hydrogens is 224 g/mol. The van der Waals surface area contributed by atoms with Gasteiger partial charge in [-0.1, -0.05) is 0 Å². The number of nitrogens with zero attached hydrogens (tertiary/aromatic N) is 1. The van der Waals surface area contributed by atoms with Gasteiger partial charge in [0.15, 0.2) is 4.21 Å². The van der Waals surface area contributed by atoms with E-state index in [0.717, 1.165) is 11.3 Å². The Morgan fingerprint density at radius 1 is 1.64 bits per heavy atom. The molecule has 1 rings (SSSR count). The molecular formula is C7H12N2O3S2. The lowest BCUT2D eigenvalue weighted by Gasteiger charge is -2.01. The van der Waals surface area contributed by atoms with Gasteiger partial charge in [0.25, 0.3) is 10.0 Å². The summed E-state index contributed by atoms with van der Waals surface area (Å²) in [7, 11) is -3.42. The van der Waals surface area contributed by atoms with Crippen molar-refractivity contribution in [3.63, 3.8) is 0 Å². The summed E-state index contributed by atoms with van der Waals surface area (Å²) in [4.78, 5) is 3.86. The maximum absolute atomic E-state index is 11.5. The van der Waals surface area contributed by atoms with Gasteiger partial charge in [0.1, 0.15) is 0 Å². The van der Waals surface area contributed by atoms with Gasteiger partial charge in [0, 0.05) is 13.2 Å². The van der Waals surface area contributed by atoms with Gasteiger partial charge >= 0.3 is 0 Å². The monoisotopic (exact) mass is 236 g/mol. The highest BCUT2D eigenvalue weighted by Crippen LogP contribution is 2.17. The SMILES string of the molecule is Cc1ncc(S(=O)(=O)NCCCO)s1. The second-order valence-corrected chi connectivity index (χ2v) is 5.90. The van der Waals surface area contributed by atoms with Gasteiger partial charge in [0.05, 0.1) is 11.2 Å². The standard InChI is InChI=1S/C7H12N2O3S2/c1-6-8-5-7(13-6)14(11,12)9-3-2-4-10/h5,9-10H,2-4H2,1H3. The van der Waals surface area contributed by atoms with E-state index in [0.29, 0.717) is 11.4 Å². The van der Waals surface area contributed by atoms with Crippen LogP contribution in [0.1, 0.15) is 11.4 Å². The van der Waals surface area contributed by atoms with E-state index in [-0.39, 0.29) is 17.4 Å². The molecule has 0 aromatic carbocycles. The number of thiazole rings is 1. The van der Waals surface area contributed by atoms with Crippen LogP contribution in [0.5, 0.6) is 0 Å². The van der Waals surface area contributed by atoms with E-state index in [4.69, 9.17) is 5.11 Å². The van der Waals surface area contributed by atoms with Crippen LogP contribution in [0.15, 0.2) is 10.4 Å². The van der Waals surface area contributed by atoms with Crippen molar-refractivity contribution >= 4 is 21.4 Å². The minimum atomic E-state index is -3.42. The average molecular weight is 236 g/mol. The summed E-state index contributed by atoms with van der Waals surface area (Å²) in [6.45, 7) is 1.97. The Kier molecular flexibility index (Phi) is 3.99. The molecule has 0 saturated heterocycles. The zero-order valence-electron chi connectivity index (χ0n) is 7.73. The number of hydrogen-bond acceptors (Lipinski definition) is 5. The number of aromatic nitrogens is 1. The minimum absolute atomic E-state index is 0.0236. The molecule has 1 aromatic rings. The zero-order chi connectivity index (χ0) is 10.6. The van der Waals surface area contributed by atoms with Crippen LogP contribution in [0.2, 0.25) is 0 Å².